The lowest BCUT2D eigenvalue weighted by Crippen LogP contribution is -2.45. The van der Waals surface area contributed by atoms with E-state index in [0.29, 0.717) is 12.2 Å². The van der Waals surface area contributed by atoms with Crippen LogP contribution in [-0.4, -0.2) is 29.4 Å². The molecule has 0 radical (unpaired) electrons. The molecule has 1 aromatic carbocycles. The van der Waals surface area contributed by atoms with Gasteiger partial charge in [0.25, 0.3) is 0 Å². The Balaban J connectivity index is 2.37. The third-order valence-electron chi connectivity index (χ3n) is 3.21. The summed E-state index contributed by atoms with van der Waals surface area (Å²) in [6.07, 6.45) is 0.580. The van der Waals surface area contributed by atoms with Crippen LogP contribution < -0.4 is 5.32 Å². The van der Waals surface area contributed by atoms with Crippen molar-refractivity contribution in [2.24, 2.45) is 5.41 Å². The summed E-state index contributed by atoms with van der Waals surface area (Å²) in [7, 11) is 0. The van der Waals surface area contributed by atoms with Gasteiger partial charge in [-0.3, -0.25) is 4.79 Å². The van der Waals surface area contributed by atoms with E-state index in [9.17, 15) is 4.79 Å². The average molecular weight is 330 g/mol. The Bertz CT molecular complexity index is 443. The summed E-state index contributed by atoms with van der Waals surface area (Å²) in [4.78, 5) is 12.0. The molecule has 1 atom stereocenters. The summed E-state index contributed by atoms with van der Waals surface area (Å²) in [5.41, 5.74) is 1.10. The third-order valence-corrected chi connectivity index (χ3v) is 4.47. The molecular formula is C16H24ClNO2S. The lowest BCUT2D eigenvalue weighted by molar-refractivity contribution is -0.120. The number of benzene rings is 1. The first-order valence-electron chi connectivity index (χ1n) is 7.05. The lowest BCUT2D eigenvalue weighted by atomic mass is 9.85. The zero-order chi connectivity index (χ0) is 15.9. The summed E-state index contributed by atoms with van der Waals surface area (Å²) in [5.74, 6) is 1.22. The van der Waals surface area contributed by atoms with Crippen molar-refractivity contribution in [3.8, 4) is 0 Å². The van der Waals surface area contributed by atoms with Crippen LogP contribution in [0, 0.1) is 5.41 Å². The minimum absolute atomic E-state index is 0.00821. The molecule has 1 amide bonds. The summed E-state index contributed by atoms with van der Waals surface area (Å²) in [5, 5.41) is 12.8. The van der Waals surface area contributed by atoms with Crippen LogP contribution in [0.25, 0.3) is 0 Å². The van der Waals surface area contributed by atoms with Crippen molar-refractivity contribution in [2.75, 3.05) is 12.4 Å². The van der Waals surface area contributed by atoms with Crippen LogP contribution in [0.2, 0.25) is 5.02 Å². The third kappa shape index (κ3) is 7.21. The normalized spacial score (nSPS) is 13.0. The summed E-state index contributed by atoms with van der Waals surface area (Å²) >= 11 is 7.41. The molecule has 0 aliphatic rings. The first-order valence-corrected chi connectivity index (χ1v) is 8.58. The van der Waals surface area contributed by atoms with Crippen LogP contribution in [0.1, 0.15) is 32.8 Å². The summed E-state index contributed by atoms with van der Waals surface area (Å²) in [6.45, 7) is 6.28. The topological polar surface area (TPSA) is 49.3 Å². The monoisotopic (exact) mass is 329 g/mol. The van der Waals surface area contributed by atoms with Crippen molar-refractivity contribution in [2.45, 2.75) is 39.0 Å². The number of halogens is 1. The van der Waals surface area contributed by atoms with E-state index in [-0.39, 0.29) is 24.0 Å². The highest BCUT2D eigenvalue weighted by molar-refractivity contribution is 7.99. The zero-order valence-corrected chi connectivity index (χ0v) is 14.4. The quantitative estimate of drug-likeness (QED) is 0.805. The molecule has 118 valence electrons. The molecule has 0 bridgehead atoms. The van der Waals surface area contributed by atoms with Gasteiger partial charge in [0, 0.05) is 23.4 Å². The molecule has 3 nitrogen and oxygen atoms in total. The van der Waals surface area contributed by atoms with E-state index in [0.717, 1.165) is 16.3 Å². The van der Waals surface area contributed by atoms with Gasteiger partial charge in [-0.05, 0) is 29.5 Å². The molecule has 2 N–H and O–H groups in total. The van der Waals surface area contributed by atoms with E-state index in [1.807, 2.05) is 24.3 Å². The van der Waals surface area contributed by atoms with E-state index in [2.05, 4.69) is 26.1 Å². The van der Waals surface area contributed by atoms with Gasteiger partial charge in [0.05, 0.1) is 5.75 Å². The Morgan fingerprint density at radius 1 is 1.33 bits per heavy atom. The van der Waals surface area contributed by atoms with Crippen LogP contribution >= 0.6 is 23.4 Å². The fourth-order valence-electron chi connectivity index (χ4n) is 1.93. The fourth-order valence-corrected chi connectivity index (χ4v) is 2.85. The second kappa shape index (κ2) is 8.66. The number of aliphatic hydroxyl groups is 1. The van der Waals surface area contributed by atoms with Crippen LogP contribution in [-0.2, 0) is 10.5 Å². The minimum Gasteiger partial charge on any atom is -0.396 e. The highest BCUT2D eigenvalue weighted by atomic mass is 35.5. The van der Waals surface area contributed by atoms with Gasteiger partial charge in [0.2, 0.25) is 5.91 Å². The van der Waals surface area contributed by atoms with Gasteiger partial charge in [0.1, 0.15) is 0 Å². The summed E-state index contributed by atoms with van der Waals surface area (Å²) in [6, 6.07) is 7.64. The standard InChI is InChI=1S/C16H24ClNO2S/c1-16(2,3)14(8-9-19)18-15(20)11-21-10-12-4-6-13(17)7-5-12/h4-7,14,19H,8-11H2,1-3H3,(H,18,20). The van der Waals surface area contributed by atoms with Gasteiger partial charge in [-0.25, -0.2) is 0 Å². The molecular weight excluding hydrogens is 306 g/mol. The molecule has 0 saturated carbocycles. The molecule has 0 heterocycles. The predicted octanol–water partition coefficient (Wildman–Crippen LogP) is 3.49. The maximum absolute atomic E-state index is 12.0. The second-order valence-electron chi connectivity index (χ2n) is 6.12. The lowest BCUT2D eigenvalue weighted by Gasteiger charge is -2.31. The van der Waals surface area contributed by atoms with Crippen LogP contribution in [0.5, 0.6) is 0 Å². The Kier molecular flexibility index (Phi) is 7.57. The highest BCUT2D eigenvalue weighted by Crippen LogP contribution is 2.22. The summed E-state index contributed by atoms with van der Waals surface area (Å²) < 4.78 is 0. The van der Waals surface area contributed by atoms with E-state index < -0.39 is 0 Å². The Morgan fingerprint density at radius 2 is 1.95 bits per heavy atom. The molecule has 0 aliphatic carbocycles. The number of rotatable bonds is 7. The van der Waals surface area contributed by atoms with Gasteiger partial charge in [-0.15, -0.1) is 11.8 Å². The first-order chi connectivity index (χ1) is 9.82. The average Bonchev–Trinajstić information content (AvgIpc) is 2.39. The van der Waals surface area contributed by atoms with Crippen molar-refractivity contribution in [1.82, 2.24) is 5.32 Å². The zero-order valence-electron chi connectivity index (χ0n) is 12.9. The number of aliphatic hydroxyl groups excluding tert-OH is 1. The number of carbonyl (C=O) groups is 1. The smallest absolute Gasteiger partial charge is 0.230 e. The molecule has 0 saturated heterocycles. The van der Waals surface area contributed by atoms with Crippen molar-refractivity contribution < 1.29 is 9.90 Å². The Morgan fingerprint density at radius 3 is 2.48 bits per heavy atom. The number of hydrogen-bond donors (Lipinski definition) is 2. The van der Waals surface area contributed by atoms with E-state index in [1.54, 1.807) is 11.8 Å². The minimum atomic E-state index is -0.0563. The largest absolute Gasteiger partial charge is 0.396 e. The van der Waals surface area contributed by atoms with Crippen LogP contribution in [0.4, 0.5) is 0 Å². The molecule has 21 heavy (non-hydrogen) atoms. The number of amides is 1. The van der Waals surface area contributed by atoms with E-state index in [1.165, 1.54) is 0 Å². The van der Waals surface area contributed by atoms with E-state index >= 15 is 0 Å². The molecule has 1 unspecified atom stereocenters. The fraction of sp³-hybridized carbons (Fsp3) is 0.562. The van der Waals surface area contributed by atoms with Gasteiger partial charge in [-0.1, -0.05) is 44.5 Å². The first kappa shape index (κ1) is 18.3. The SMILES string of the molecule is CC(C)(C)C(CCO)NC(=O)CSCc1ccc(Cl)cc1. The van der Waals surface area contributed by atoms with Gasteiger partial charge in [0.15, 0.2) is 0 Å². The Hall–Kier alpha value is -0.710. The van der Waals surface area contributed by atoms with Crippen molar-refractivity contribution in [1.29, 1.82) is 0 Å². The molecule has 0 aliphatic heterocycles. The number of nitrogens with one attached hydrogen (secondary N) is 1. The number of hydrogen-bond acceptors (Lipinski definition) is 3. The van der Waals surface area contributed by atoms with Crippen LogP contribution in [0.3, 0.4) is 0 Å². The molecule has 0 spiro atoms. The van der Waals surface area contributed by atoms with Gasteiger partial charge in [-0.2, -0.15) is 0 Å². The second-order valence-corrected chi connectivity index (χ2v) is 7.54. The predicted molar refractivity (Wildman–Crippen MR) is 90.7 cm³/mol. The molecule has 1 rings (SSSR count). The molecule has 5 heteroatoms. The van der Waals surface area contributed by atoms with E-state index in [4.69, 9.17) is 16.7 Å². The van der Waals surface area contributed by atoms with Crippen molar-refractivity contribution in [3.63, 3.8) is 0 Å². The van der Waals surface area contributed by atoms with Gasteiger partial charge < -0.3 is 10.4 Å². The van der Waals surface area contributed by atoms with Crippen LogP contribution in [0.15, 0.2) is 24.3 Å². The van der Waals surface area contributed by atoms with Crippen molar-refractivity contribution >= 4 is 29.3 Å². The molecule has 0 aromatic heterocycles. The van der Waals surface area contributed by atoms with Gasteiger partial charge >= 0.3 is 0 Å². The Labute approximate surface area is 136 Å². The van der Waals surface area contributed by atoms with Crippen molar-refractivity contribution in [3.05, 3.63) is 34.9 Å². The maximum Gasteiger partial charge on any atom is 0.230 e. The molecule has 0 fully saturated rings. The highest BCUT2D eigenvalue weighted by Gasteiger charge is 2.25. The maximum atomic E-state index is 12.0. The number of carbonyl (C=O) groups excluding carboxylic acids is 1. The number of thioether (sulfide) groups is 1. The molecule has 1 aromatic rings.